The van der Waals surface area contributed by atoms with Crippen LogP contribution in [-0.2, 0) is 0 Å². The van der Waals surface area contributed by atoms with Crippen LogP contribution < -0.4 is 0 Å². The molecule has 0 aliphatic heterocycles. The van der Waals surface area contributed by atoms with Crippen molar-refractivity contribution in [2.24, 2.45) is 0 Å². The molecule has 252 valence electrons. The lowest BCUT2D eigenvalue weighted by atomic mass is 9.93. The molecule has 0 saturated heterocycles. The van der Waals surface area contributed by atoms with Crippen LogP contribution in [0.1, 0.15) is 0 Å². The highest BCUT2D eigenvalue weighted by atomic mass is 32.1. The molecule has 0 bridgehead atoms. The predicted molar refractivity (Wildman–Crippen MR) is 227 cm³/mol. The maximum Gasteiger partial charge on any atom is 0.246 e. The lowest BCUT2D eigenvalue weighted by Crippen LogP contribution is -1.88. The first-order valence-corrected chi connectivity index (χ1v) is 18.9. The van der Waals surface area contributed by atoms with Gasteiger partial charge >= 0.3 is 0 Å². The van der Waals surface area contributed by atoms with Crippen molar-refractivity contribution in [3.8, 4) is 55.8 Å². The minimum absolute atomic E-state index is 0.549. The summed E-state index contributed by atoms with van der Waals surface area (Å²) in [6, 6.07) is 62.9. The molecule has 11 rings (SSSR count). The summed E-state index contributed by atoms with van der Waals surface area (Å²) in [4.78, 5) is 9.88. The van der Waals surface area contributed by atoms with Gasteiger partial charge in [0.15, 0.2) is 0 Å². The second-order valence-corrected chi connectivity index (χ2v) is 14.8. The number of hydrogen-bond acceptors (Lipinski definition) is 4. The van der Waals surface area contributed by atoms with Crippen LogP contribution in [0.3, 0.4) is 0 Å². The number of hydrogen-bond donors (Lipinski definition) is 0. The van der Waals surface area contributed by atoms with E-state index in [4.69, 9.17) is 14.4 Å². The van der Waals surface area contributed by atoms with E-state index < -0.39 is 0 Å². The van der Waals surface area contributed by atoms with Crippen LogP contribution in [-0.4, -0.2) is 9.97 Å². The van der Waals surface area contributed by atoms with E-state index >= 15 is 0 Å². The maximum atomic E-state index is 6.26. The second kappa shape index (κ2) is 12.4. The average molecular weight is 707 g/mol. The molecule has 8 aromatic carbocycles. The Hall–Kier alpha value is -6.88. The van der Waals surface area contributed by atoms with E-state index in [9.17, 15) is 0 Å². The van der Waals surface area contributed by atoms with Crippen LogP contribution in [0.5, 0.6) is 0 Å². The summed E-state index contributed by atoms with van der Waals surface area (Å²) >= 11 is 1.87. The van der Waals surface area contributed by atoms with Gasteiger partial charge in [-0.1, -0.05) is 133 Å². The van der Waals surface area contributed by atoms with Gasteiger partial charge in [0.2, 0.25) is 5.71 Å². The smallest absolute Gasteiger partial charge is 0.246 e. The number of furan rings is 1. The monoisotopic (exact) mass is 706 g/mol. The third kappa shape index (κ3) is 5.11. The molecule has 4 heteroatoms. The van der Waals surface area contributed by atoms with Crippen LogP contribution in [0.2, 0.25) is 0 Å². The molecule has 3 aromatic heterocycles. The molecule has 0 fully saturated rings. The number of aromatic nitrogens is 2. The van der Waals surface area contributed by atoms with E-state index in [1.165, 1.54) is 53.6 Å². The molecule has 0 unspecified atom stereocenters. The summed E-state index contributed by atoms with van der Waals surface area (Å²) < 4.78 is 8.84. The van der Waals surface area contributed by atoms with Gasteiger partial charge in [-0.2, -0.15) is 0 Å². The van der Waals surface area contributed by atoms with Gasteiger partial charge < -0.3 is 4.42 Å². The zero-order chi connectivity index (χ0) is 35.6. The topological polar surface area (TPSA) is 38.9 Å². The zero-order valence-corrected chi connectivity index (χ0v) is 29.8. The standard InChI is InChI=1S/C50H30N2OS/c1-3-11-31(12-4-1)36-22-24-46-42(27-36)43-29-39(32-13-5-2-6-14-32)28-41(49(43)54-46)37-18-9-16-34(25-37)35-17-10-19-38(26-35)44-30-51-48-47-40-20-8-7-15-33(40)21-23-45(47)53-50(48)52-44/h1-30H. The molecule has 0 aliphatic carbocycles. The van der Waals surface area contributed by atoms with Crippen molar-refractivity contribution < 1.29 is 4.42 Å². The minimum Gasteiger partial charge on any atom is -0.436 e. The Kier molecular flexibility index (Phi) is 7.04. The fourth-order valence-corrected chi connectivity index (χ4v) is 9.06. The van der Waals surface area contributed by atoms with Crippen LogP contribution in [0, 0.1) is 0 Å². The Morgan fingerprint density at radius 3 is 1.91 bits per heavy atom. The molecule has 0 aliphatic rings. The normalized spacial score (nSPS) is 11.7. The Bertz CT molecular complexity index is 3220. The number of nitrogens with zero attached hydrogens (tertiary/aromatic N) is 2. The Morgan fingerprint density at radius 1 is 0.444 bits per heavy atom. The van der Waals surface area contributed by atoms with Gasteiger partial charge in [0.25, 0.3) is 0 Å². The van der Waals surface area contributed by atoms with Crippen molar-refractivity contribution in [2.45, 2.75) is 0 Å². The fourth-order valence-electron chi connectivity index (χ4n) is 7.86. The first-order valence-electron chi connectivity index (χ1n) is 18.1. The Balaban J connectivity index is 1.02. The lowest BCUT2D eigenvalue weighted by molar-refractivity contribution is 0.654. The number of benzene rings is 8. The van der Waals surface area contributed by atoms with Gasteiger partial charge in [-0.05, 0) is 92.2 Å². The van der Waals surface area contributed by atoms with E-state index in [1.807, 2.05) is 23.6 Å². The summed E-state index contributed by atoms with van der Waals surface area (Å²) in [5, 5.41) is 5.86. The van der Waals surface area contributed by atoms with Gasteiger partial charge in [0, 0.05) is 31.3 Å². The first-order chi connectivity index (χ1) is 26.7. The molecule has 0 spiro atoms. The molecule has 0 atom stereocenters. The van der Waals surface area contributed by atoms with Crippen LogP contribution in [0.4, 0.5) is 0 Å². The van der Waals surface area contributed by atoms with E-state index in [2.05, 4.69) is 170 Å². The molecule has 3 nitrogen and oxygen atoms in total. The number of fused-ring (bicyclic) bond motifs is 8. The maximum absolute atomic E-state index is 6.26. The van der Waals surface area contributed by atoms with Crippen LogP contribution >= 0.6 is 11.3 Å². The van der Waals surface area contributed by atoms with Crippen LogP contribution in [0.15, 0.2) is 187 Å². The van der Waals surface area contributed by atoms with Crippen molar-refractivity contribution in [1.29, 1.82) is 0 Å². The fraction of sp³-hybridized carbons (Fsp3) is 0. The second-order valence-electron chi connectivity index (χ2n) is 13.8. The van der Waals surface area contributed by atoms with Crippen molar-refractivity contribution in [2.75, 3.05) is 0 Å². The van der Waals surface area contributed by atoms with Crippen molar-refractivity contribution >= 4 is 64.5 Å². The molecule has 0 radical (unpaired) electrons. The van der Waals surface area contributed by atoms with E-state index in [0.717, 1.165) is 49.6 Å². The Morgan fingerprint density at radius 2 is 1.09 bits per heavy atom. The summed E-state index contributed by atoms with van der Waals surface area (Å²) in [5.74, 6) is 0. The summed E-state index contributed by atoms with van der Waals surface area (Å²) in [7, 11) is 0. The van der Waals surface area contributed by atoms with Gasteiger partial charge in [0.1, 0.15) is 11.1 Å². The first kappa shape index (κ1) is 30.7. The largest absolute Gasteiger partial charge is 0.436 e. The quantitative estimate of drug-likeness (QED) is 0.179. The number of rotatable bonds is 5. The molecule has 0 N–H and O–H groups in total. The Labute approximate surface area is 315 Å². The van der Waals surface area contributed by atoms with Gasteiger partial charge in [-0.25, -0.2) is 9.97 Å². The number of thiophene rings is 1. The summed E-state index contributed by atoms with van der Waals surface area (Å²) in [5.41, 5.74) is 13.5. The third-order valence-electron chi connectivity index (χ3n) is 10.5. The van der Waals surface area contributed by atoms with Crippen LogP contribution in [0.25, 0.3) is 109 Å². The highest BCUT2D eigenvalue weighted by Crippen LogP contribution is 2.44. The lowest BCUT2D eigenvalue weighted by Gasteiger charge is -2.11. The molecular formula is C50H30N2OS. The summed E-state index contributed by atoms with van der Waals surface area (Å²) in [6.45, 7) is 0. The average Bonchev–Trinajstić information content (AvgIpc) is 3.82. The van der Waals surface area contributed by atoms with E-state index in [0.29, 0.717) is 5.71 Å². The summed E-state index contributed by atoms with van der Waals surface area (Å²) in [6.07, 6.45) is 1.87. The highest BCUT2D eigenvalue weighted by Gasteiger charge is 2.17. The van der Waals surface area contributed by atoms with Gasteiger partial charge in [-0.15, -0.1) is 11.3 Å². The molecule has 3 heterocycles. The molecule has 0 amide bonds. The van der Waals surface area contributed by atoms with Gasteiger partial charge in [0.05, 0.1) is 17.3 Å². The zero-order valence-electron chi connectivity index (χ0n) is 29.0. The molecule has 0 saturated carbocycles. The van der Waals surface area contributed by atoms with Gasteiger partial charge in [-0.3, -0.25) is 0 Å². The minimum atomic E-state index is 0.549. The van der Waals surface area contributed by atoms with Crippen molar-refractivity contribution in [1.82, 2.24) is 9.97 Å². The SMILES string of the molecule is c1ccc(-c2ccc3sc4c(-c5cccc(-c6cccc(-c7cnc8c(n7)oc7ccc9ccccc9c78)c6)c5)cc(-c5ccccc5)cc4c3c2)cc1. The van der Waals surface area contributed by atoms with Crippen molar-refractivity contribution in [3.05, 3.63) is 182 Å². The van der Waals surface area contributed by atoms with Crippen molar-refractivity contribution in [3.63, 3.8) is 0 Å². The molecular weight excluding hydrogens is 677 g/mol. The molecule has 54 heavy (non-hydrogen) atoms. The van der Waals surface area contributed by atoms with E-state index in [-0.39, 0.29) is 0 Å². The van der Waals surface area contributed by atoms with E-state index in [1.54, 1.807) is 0 Å². The predicted octanol–water partition coefficient (Wildman–Crippen LogP) is 14.2. The molecule has 11 aromatic rings. The third-order valence-corrected chi connectivity index (χ3v) is 11.7. The highest BCUT2D eigenvalue weighted by molar-refractivity contribution is 7.26.